The molecular weight excluding hydrogens is 363 g/mol. The number of hydrogen-bond donors (Lipinski definition) is 0. The normalized spacial score (nSPS) is 15.0. The van der Waals surface area contributed by atoms with E-state index in [0.717, 1.165) is 6.42 Å². The first-order chi connectivity index (χ1) is 10.1. The van der Waals surface area contributed by atoms with Gasteiger partial charge >= 0.3 is 139 Å². The first-order valence-electron chi connectivity index (χ1n) is 7.34. The summed E-state index contributed by atoms with van der Waals surface area (Å²) in [7, 11) is 0. The Morgan fingerprint density at radius 2 is 1.74 bits per heavy atom. The molecule has 1 atom stereocenters. The summed E-state index contributed by atoms with van der Waals surface area (Å²) in [5, 5.41) is 2.58. The van der Waals surface area contributed by atoms with Crippen molar-refractivity contribution in [1.82, 2.24) is 0 Å². The van der Waals surface area contributed by atoms with Gasteiger partial charge in [0, 0.05) is 0 Å². The van der Waals surface area contributed by atoms with Gasteiger partial charge in [0.15, 0.2) is 0 Å². The first-order valence-corrected chi connectivity index (χ1v) is 7.98. The molecule has 3 rings (SSSR count). The van der Waals surface area contributed by atoms with Crippen LogP contribution in [0.25, 0.3) is 16.3 Å². The predicted molar refractivity (Wildman–Crippen MR) is 98.9 cm³/mol. The van der Waals surface area contributed by atoms with Crippen molar-refractivity contribution < 1.29 is 24.1 Å². The van der Waals surface area contributed by atoms with Gasteiger partial charge in [0.2, 0.25) is 0 Å². The molecule has 2 aromatic carbocycles. The van der Waals surface area contributed by atoms with Crippen LogP contribution in [0.15, 0.2) is 53.6 Å². The third-order valence-electron chi connectivity index (χ3n) is 4.54. The van der Waals surface area contributed by atoms with Gasteiger partial charge in [0.25, 0.3) is 0 Å². The molecule has 1 nitrogen and oxygen atoms in total. The summed E-state index contributed by atoms with van der Waals surface area (Å²) >= 11 is 1.79. The van der Waals surface area contributed by atoms with Crippen LogP contribution in [0.4, 0.5) is 0 Å². The van der Waals surface area contributed by atoms with Crippen molar-refractivity contribution in [3.63, 3.8) is 0 Å². The minimum absolute atomic E-state index is 0. The molecule has 4 heteroatoms. The van der Waals surface area contributed by atoms with E-state index in [1.807, 2.05) is 0 Å². The fraction of sp³-hybridized carbons (Fsp3) is 0.263. The van der Waals surface area contributed by atoms with Crippen molar-refractivity contribution >= 4 is 41.2 Å². The maximum atomic E-state index is 5.67. The Kier molecular flexibility index (Phi) is 7.58. The van der Waals surface area contributed by atoms with E-state index >= 15 is 0 Å². The van der Waals surface area contributed by atoms with Crippen LogP contribution in [0.1, 0.15) is 44.4 Å². The van der Waals surface area contributed by atoms with Gasteiger partial charge in [-0.15, -0.1) is 24.8 Å². The van der Waals surface area contributed by atoms with Crippen LogP contribution >= 0.6 is 24.8 Å². The molecule has 0 spiro atoms. The van der Waals surface area contributed by atoms with Crippen molar-refractivity contribution in [2.45, 2.75) is 33.3 Å². The third-order valence-corrected chi connectivity index (χ3v) is 5.09. The average molecular weight is 384 g/mol. The number of rotatable bonds is 3. The summed E-state index contributed by atoms with van der Waals surface area (Å²) in [6.07, 6.45) is 3.44. The molecule has 0 fully saturated rings. The Hall–Kier alpha value is -0.566. The first kappa shape index (κ1) is 20.5. The summed E-state index contributed by atoms with van der Waals surface area (Å²) in [4.78, 5) is 0. The molecule has 0 N–H and O–H groups in total. The minimum atomic E-state index is 0. The molecule has 2 aromatic rings. The minimum Gasteiger partial charge on any atom is -0.147 e. The molecule has 121 valence electrons. The van der Waals surface area contributed by atoms with Gasteiger partial charge in [0.05, 0.1) is 0 Å². The van der Waals surface area contributed by atoms with Crippen LogP contribution in [0, 0.1) is 0 Å². The second kappa shape index (κ2) is 8.51. The fourth-order valence-corrected chi connectivity index (χ4v) is 3.35. The monoisotopic (exact) mass is 383 g/mol. The molecule has 0 saturated carbocycles. The number of benzene rings is 2. The van der Waals surface area contributed by atoms with Crippen LogP contribution in [0.2, 0.25) is 0 Å². The van der Waals surface area contributed by atoms with Crippen LogP contribution < -0.4 is 0 Å². The van der Waals surface area contributed by atoms with E-state index in [2.05, 4.69) is 63.2 Å². The van der Waals surface area contributed by atoms with Crippen LogP contribution in [-0.2, 0) is 24.1 Å². The molecule has 0 saturated heterocycles. The fourth-order valence-electron chi connectivity index (χ4n) is 3.17. The van der Waals surface area contributed by atoms with E-state index in [1.165, 1.54) is 38.6 Å². The molecule has 1 aliphatic rings. The average Bonchev–Trinajstić information content (AvgIpc) is 2.85. The van der Waals surface area contributed by atoms with Crippen molar-refractivity contribution in [2.24, 2.45) is 0 Å². The zero-order valence-corrected chi connectivity index (χ0v) is 16.7. The Morgan fingerprint density at radius 3 is 2.35 bits per heavy atom. The Balaban J connectivity index is 0.00000132. The van der Waals surface area contributed by atoms with Crippen LogP contribution in [0.3, 0.4) is 0 Å². The maximum absolute atomic E-state index is 5.67. The van der Waals surface area contributed by atoms with Crippen molar-refractivity contribution in [3.8, 4) is 0 Å². The zero-order valence-electron chi connectivity index (χ0n) is 13.6. The molecule has 0 aliphatic heterocycles. The molecule has 0 amide bonds. The molecule has 1 unspecified atom stereocenters. The second-order valence-corrected chi connectivity index (χ2v) is 6.07. The standard InChI is InChI=1S/C19H19O.2ClH.Ti/c1-12-8-10-16(13(12)2)18-11-9-15-6-4-5-7-17(15)19(18)14(3)20;;;/h4-9,11,14H,10H2,1-3H3;2*1H;/q-1;;;+1. The van der Waals surface area contributed by atoms with E-state index in [-0.39, 0.29) is 30.9 Å². The van der Waals surface area contributed by atoms with Crippen molar-refractivity contribution in [2.75, 3.05) is 0 Å². The number of halogens is 2. The van der Waals surface area contributed by atoms with Gasteiger partial charge in [-0.1, -0.05) is 0 Å². The Morgan fingerprint density at radius 1 is 1.04 bits per heavy atom. The van der Waals surface area contributed by atoms with Crippen LogP contribution in [-0.4, -0.2) is 0 Å². The van der Waals surface area contributed by atoms with E-state index < -0.39 is 0 Å². The maximum Gasteiger partial charge on any atom is -0.147 e. The summed E-state index contributed by atoms with van der Waals surface area (Å²) in [6, 6.07) is 13.1. The Labute approximate surface area is 162 Å². The largest absolute Gasteiger partial charge is 0.147 e. The van der Waals surface area contributed by atoms with E-state index in [4.69, 9.17) is 3.32 Å². The summed E-state index contributed by atoms with van der Waals surface area (Å²) < 4.78 is 5.67. The topological polar surface area (TPSA) is 9.23 Å². The van der Waals surface area contributed by atoms with E-state index in [1.54, 1.807) is 20.8 Å². The summed E-state index contributed by atoms with van der Waals surface area (Å²) in [5.74, 6) is 0. The van der Waals surface area contributed by atoms with Gasteiger partial charge in [-0.2, -0.15) is 0 Å². The smallest absolute Gasteiger partial charge is 0.147 e. The third kappa shape index (κ3) is 3.75. The molecule has 0 bridgehead atoms. The summed E-state index contributed by atoms with van der Waals surface area (Å²) in [6.45, 7) is 6.56. The molecule has 0 heterocycles. The molecule has 1 aliphatic carbocycles. The van der Waals surface area contributed by atoms with Gasteiger partial charge in [-0.25, -0.2) is 0 Å². The van der Waals surface area contributed by atoms with E-state index in [9.17, 15) is 0 Å². The van der Waals surface area contributed by atoms with Gasteiger partial charge in [0.1, 0.15) is 0 Å². The van der Waals surface area contributed by atoms with Crippen molar-refractivity contribution in [1.29, 1.82) is 0 Å². The van der Waals surface area contributed by atoms with Gasteiger partial charge in [-0.05, 0) is 0 Å². The molecule has 0 radical (unpaired) electrons. The number of allylic oxidation sites excluding steroid dienone is 4. The molecule has 23 heavy (non-hydrogen) atoms. The SMILES string of the molecule is CC1=CCC(c2ccc3ccccc3c2C(C)[O][Ti])=C1C.Cl.Cl. The van der Waals surface area contributed by atoms with Gasteiger partial charge < -0.3 is 0 Å². The Bertz CT molecular complexity index is 765. The second-order valence-electron chi connectivity index (χ2n) is 5.70. The summed E-state index contributed by atoms with van der Waals surface area (Å²) in [5.41, 5.74) is 6.91. The molecular formula is C19H21Cl2OTi. The van der Waals surface area contributed by atoms with Crippen molar-refractivity contribution in [3.05, 3.63) is 64.7 Å². The predicted octanol–water partition coefficient (Wildman–Crippen LogP) is 6.35. The zero-order chi connectivity index (χ0) is 15.0. The van der Waals surface area contributed by atoms with Crippen LogP contribution in [0.5, 0.6) is 0 Å². The van der Waals surface area contributed by atoms with E-state index in [0.29, 0.717) is 0 Å². The number of fused-ring (bicyclic) bond motifs is 1. The van der Waals surface area contributed by atoms with Gasteiger partial charge in [-0.3, -0.25) is 0 Å². The molecule has 0 aromatic heterocycles. The quantitative estimate of drug-likeness (QED) is 0.561. The number of hydrogen-bond acceptors (Lipinski definition) is 1.